The molecule has 0 atom stereocenters. The van der Waals surface area contributed by atoms with Crippen LogP contribution in [0.25, 0.3) is 0 Å². The van der Waals surface area contributed by atoms with E-state index in [2.05, 4.69) is 36.1 Å². The molecule has 10 heteroatoms. The van der Waals surface area contributed by atoms with Crippen molar-refractivity contribution in [1.82, 2.24) is 25.5 Å². The molecule has 0 saturated heterocycles. The average Bonchev–Trinajstić information content (AvgIpc) is 3.20. The van der Waals surface area contributed by atoms with Crippen LogP contribution in [-0.2, 0) is 0 Å². The van der Waals surface area contributed by atoms with Crippen molar-refractivity contribution in [2.75, 3.05) is 10.6 Å². The maximum atomic E-state index is 12.8. The van der Waals surface area contributed by atoms with Crippen molar-refractivity contribution in [3.63, 3.8) is 0 Å². The highest BCUT2D eigenvalue weighted by atomic mass is 16.2. The van der Waals surface area contributed by atoms with Crippen molar-refractivity contribution in [2.45, 2.75) is 56.7 Å². The summed E-state index contributed by atoms with van der Waals surface area (Å²) in [6.45, 7) is 0. The molecule has 4 rings (SSSR count). The third-order valence-electron chi connectivity index (χ3n) is 5.26. The Morgan fingerprint density at radius 3 is 2.55 bits per heavy atom. The molecule has 2 aliphatic rings. The summed E-state index contributed by atoms with van der Waals surface area (Å²) in [4.78, 5) is 20.9. The van der Waals surface area contributed by atoms with Crippen LogP contribution >= 0.6 is 0 Å². The van der Waals surface area contributed by atoms with Gasteiger partial charge in [-0.05, 0) is 25.7 Å². The van der Waals surface area contributed by atoms with Crippen LogP contribution in [0.5, 0.6) is 0 Å². The van der Waals surface area contributed by atoms with Crippen LogP contribution < -0.4 is 21.7 Å². The van der Waals surface area contributed by atoms with E-state index in [-0.39, 0.29) is 35.4 Å². The van der Waals surface area contributed by atoms with E-state index in [0.717, 1.165) is 38.5 Å². The zero-order valence-corrected chi connectivity index (χ0v) is 15.9. The highest BCUT2D eigenvalue weighted by Gasteiger charge is 2.28. The summed E-state index contributed by atoms with van der Waals surface area (Å²) in [5.74, 6) is 0.630. The number of nitrogens with two attached hydrogens (primary N) is 1. The van der Waals surface area contributed by atoms with Crippen molar-refractivity contribution in [1.29, 1.82) is 5.26 Å². The Balaban J connectivity index is 1.53. The standard InChI is InChI=1S/C19H23N9O/c20-8-14-9-23-17(10-22-14)26-16-7-15(24-13-5-11(21)6-13)18(28-27-16)19(29)25-12-3-1-2-4-12/h7,9-13H,1-6,21H2,(H,25,29)(H2,23,24,26,27). The van der Waals surface area contributed by atoms with E-state index in [1.165, 1.54) is 12.4 Å². The van der Waals surface area contributed by atoms with Gasteiger partial charge in [0.1, 0.15) is 11.9 Å². The molecule has 2 heterocycles. The minimum absolute atomic E-state index is 0.185. The monoisotopic (exact) mass is 393 g/mol. The van der Waals surface area contributed by atoms with Crippen LogP contribution in [0.4, 0.5) is 17.3 Å². The lowest BCUT2D eigenvalue weighted by molar-refractivity contribution is 0.0932. The molecule has 2 aromatic heterocycles. The number of nitriles is 1. The molecule has 2 aliphatic carbocycles. The highest BCUT2D eigenvalue weighted by Crippen LogP contribution is 2.26. The molecular formula is C19H23N9O. The zero-order valence-electron chi connectivity index (χ0n) is 15.9. The van der Waals surface area contributed by atoms with Gasteiger partial charge in [-0.25, -0.2) is 9.97 Å². The number of anilines is 3. The van der Waals surface area contributed by atoms with Gasteiger partial charge in [0.25, 0.3) is 5.91 Å². The van der Waals surface area contributed by atoms with Crippen molar-refractivity contribution >= 4 is 23.2 Å². The van der Waals surface area contributed by atoms with Gasteiger partial charge in [-0.15, -0.1) is 10.2 Å². The van der Waals surface area contributed by atoms with E-state index >= 15 is 0 Å². The van der Waals surface area contributed by atoms with Gasteiger partial charge in [-0.3, -0.25) is 4.79 Å². The molecule has 1 amide bonds. The van der Waals surface area contributed by atoms with Crippen LogP contribution in [0, 0.1) is 11.3 Å². The first-order chi connectivity index (χ1) is 14.1. The van der Waals surface area contributed by atoms with E-state index in [9.17, 15) is 4.79 Å². The van der Waals surface area contributed by atoms with Gasteiger partial charge in [-0.1, -0.05) is 12.8 Å². The number of rotatable bonds is 6. The smallest absolute Gasteiger partial charge is 0.274 e. The van der Waals surface area contributed by atoms with Crippen molar-refractivity contribution in [3.8, 4) is 6.07 Å². The predicted octanol–water partition coefficient (Wildman–Crippen LogP) is 1.46. The van der Waals surface area contributed by atoms with Gasteiger partial charge < -0.3 is 21.7 Å². The zero-order chi connectivity index (χ0) is 20.2. The molecule has 0 bridgehead atoms. The molecule has 150 valence electrons. The minimum Gasteiger partial charge on any atom is -0.380 e. The molecule has 2 fully saturated rings. The topological polar surface area (TPSA) is 155 Å². The Hall–Kier alpha value is -3.32. The fourth-order valence-electron chi connectivity index (χ4n) is 3.64. The van der Waals surface area contributed by atoms with E-state index in [0.29, 0.717) is 17.3 Å². The number of aromatic nitrogens is 4. The van der Waals surface area contributed by atoms with Crippen LogP contribution in [0.3, 0.4) is 0 Å². The third kappa shape index (κ3) is 4.57. The Morgan fingerprint density at radius 1 is 1.10 bits per heavy atom. The fraction of sp³-hybridized carbons (Fsp3) is 0.474. The Bertz CT molecular complexity index is 912. The average molecular weight is 393 g/mol. The normalized spacial score (nSPS) is 21.1. The van der Waals surface area contributed by atoms with Gasteiger partial charge in [0, 0.05) is 24.2 Å². The van der Waals surface area contributed by atoms with Gasteiger partial charge >= 0.3 is 0 Å². The minimum atomic E-state index is -0.222. The van der Waals surface area contributed by atoms with Gasteiger partial charge in [0.05, 0.1) is 18.1 Å². The molecular weight excluding hydrogens is 370 g/mol. The molecule has 0 radical (unpaired) electrons. The van der Waals surface area contributed by atoms with Gasteiger partial charge in [-0.2, -0.15) is 5.26 Å². The second kappa shape index (κ2) is 8.36. The first-order valence-electron chi connectivity index (χ1n) is 9.80. The quantitative estimate of drug-likeness (QED) is 0.570. The second-order valence-corrected chi connectivity index (χ2v) is 7.54. The van der Waals surface area contributed by atoms with Crippen LogP contribution in [0.2, 0.25) is 0 Å². The first kappa shape index (κ1) is 19.0. The van der Waals surface area contributed by atoms with Crippen LogP contribution in [0.15, 0.2) is 18.5 Å². The number of hydrogen-bond donors (Lipinski definition) is 4. The Morgan fingerprint density at radius 2 is 1.90 bits per heavy atom. The van der Waals surface area contributed by atoms with Crippen molar-refractivity contribution < 1.29 is 4.79 Å². The number of nitrogens with zero attached hydrogens (tertiary/aromatic N) is 5. The van der Waals surface area contributed by atoms with Crippen LogP contribution in [0.1, 0.15) is 54.7 Å². The number of nitrogens with one attached hydrogen (secondary N) is 3. The summed E-state index contributed by atoms with van der Waals surface area (Å²) in [7, 11) is 0. The molecule has 10 nitrogen and oxygen atoms in total. The number of hydrogen-bond acceptors (Lipinski definition) is 9. The summed E-state index contributed by atoms with van der Waals surface area (Å²) in [6, 6.07) is 4.24. The van der Waals surface area contributed by atoms with E-state index in [4.69, 9.17) is 11.0 Å². The summed E-state index contributed by atoms with van der Waals surface area (Å²) in [5, 5.41) is 26.5. The molecule has 2 saturated carbocycles. The molecule has 2 aromatic rings. The predicted molar refractivity (Wildman–Crippen MR) is 106 cm³/mol. The Labute approximate surface area is 168 Å². The van der Waals surface area contributed by atoms with E-state index in [1.54, 1.807) is 6.07 Å². The number of carbonyl (C=O) groups is 1. The lowest BCUT2D eigenvalue weighted by Gasteiger charge is -2.34. The lowest BCUT2D eigenvalue weighted by Crippen LogP contribution is -2.45. The second-order valence-electron chi connectivity index (χ2n) is 7.54. The summed E-state index contributed by atoms with van der Waals surface area (Å²) >= 11 is 0. The molecule has 0 aromatic carbocycles. The van der Waals surface area contributed by atoms with Gasteiger partial charge in [0.15, 0.2) is 17.2 Å². The van der Waals surface area contributed by atoms with Crippen LogP contribution in [-0.4, -0.2) is 44.2 Å². The molecule has 0 aliphatic heterocycles. The highest BCUT2D eigenvalue weighted by molar-refractivity contribution is 5.98. The summed E-state index contributed by atoms with van der Waals surface area (Å²) in [5.41, 5.74) is 6.99. The van der Waals surface area contributed by atoms with Gasteiger partial charge in [0.2, 0.25) is 0 Å². The fourth-order valence-corrected chi connectivity index (χ4v) is 3.64. The number of carbonyl (C=O) groups excluding carboxylic acids is 1. The maximum Gasteiger partial charge on any atom is 0.274 e. The lowest BCUT2D eigenvalue weighted by atomic mass is 9.87. The third-order valence-corrected chi connectivity index (χ3v) is 5.26. The van der Waals surface area contributed by atoms with E-state index in [1.807, 2.05) is 6.07 Å². The van der Waals surface area contributed by atoms with Crippen molar-refractivity contribution in [3.05, 3.63) is 29.8 Å². The molecule has 5 N–H and O–H groups in total. The summed E-state index contributed by atoms with van der Waals surface area (Å²) in [6.07, 6.45) is 8.76. The van der Waals surface area contributed by atoms with E-state index < -0.39 is 0 Å². The van der Waals surface area contributed by atoms with Crippen molar-refractivity contribution in [2.24, 2.45) is 5.73 Å². The molecule has 0 unspecified atom stereocenters. The first-order valence-corrected chi connectivity index (χ1v) is 9.80. The Kier molecular flexibility index (Phi) is 5.48. The molecule has 29 heavy (non-hydrogen) atoms. The number of amides is 1. The maximum absolute atomic E-state index is 12.8. The summed E-state index contributed by atoms with van der Waals surface area (Å²) < 4.78 is 0. The molecule has 0 spiro atoms. The SMILES string of the molecule is N#Cc1cnc(Nc2cc(NC3CC(N)C3)c(C(=O)NC3CCCC3)nn2)cn1. The largest absolute Gasteiger partial charge is 0.380 e.